The monoisotopic (exact) mass is 406 g/mol. The number of nitrogens with one attached hydrogen (secondary N) is 1. The summed E-state index contributed by atoms with van der Waals surface area (Å²) in [7, 11) is 1.28. The van der Waals surface area contributed by atoms with Gasteiger partial charge in [0.15, 0.2) is 0 Å². The number of alkyl carbamates (subject to hydrolysis) is 1. The van der Waals surface area contributed by atoms with Gasteiger partial charge in [-0.15, -0.1) is 0 Å². The van der Waals surface area contributed by atoms with Crippen molar-refractivity contribution in [2.24, 2.45) is 5.92 Å². The van der Waals surface area contributed by atoms with E-state index < -0.39 is 29.8 Å². The van der Waals surface area contributed by atoms with Gasteiger partial charge in [0, 0.05) is 32.4 Å². The second kappa shape index (κ2) is 10.1. The molecule has 1 atom stereocenters. The van der Waals surface area contributed by atoms with Crippen LogP contribution < -0.4 is 5.32 Å². The fourth-order valence-corrected chi connectivity index (χ4v) is 3.58. The number of rotatable bonds is 7. The van der Waals surface area contributed by atoms with Gasteiger partial charge in [0.1, 0.15) is 11.6 Å². The van der Waals surface area contributed by atoms with E-state index in [2.05, 4.69) is 5.32 Å². The zero-order chi connectivity index (χ0) is 21.4. The summed E-state index contributed by atoms with van der Waals surface area (Å²) in [6.45, 7) is 4.45. The minimum atomic E-state index is -0.981. The van der Waals surface area contributed by atoms with Gasteiger partial charge in [-0.25, -0.2) is 14.4 Å². The van der Waals surface area contributed by atoms with Crippen LogP contribution in [0.1, 0.15) is 38.7 Å². The first-order valence-corrected chi connectivity index (χ1v) is 9.84. The van der Waals surface area contributed by atoms with E-state index in [1.807, 2.05) is 44.2 Å². The van der Waals surface area contributed by atoms with Gasteiger partial charge in [0.2, 0.25) is 0 Å². The Morgan fingerprint density at radius 1 is 1.17 bits per heavy atom. The van der Waals surface area contributed by atoms with Crippen LogP contribution in [-0.2, 0) is 20.7 Å². The number of nitrogens with zero attached hydrogens (tertiary/aromatic N) is 1. The lowest BCUT2D eigenvalue weighted by atomic mass is 9.85. The van der Waals surface area contributed by atoms with Crippen LogP contribution in [0.3, 0.4) is 0 Å². The summed E-state index contributed by atoms with van der Waals surface area (Å²) in [6.07, 6.45) is -0.00277. The van der Waals surface area contributed by atoms with Crippen LogP contribution in [0.4, 0.5) is 9.59 Å². The SMILES string of the molecule is COC(=O)C(CC(C)C)NC(=O)OC1(Cc2ccccc2)CCN(C(=O)O)CC1. The number of piperidine rings is 1. The Hall–Kier alpha value is -2.77. The number of hydrogen-bond donors (Lipinski definition) is 2. The molecule has 1 aromatic rings. The summed E-state index contributed by atoms with van der Waals surface area (Å²) in [6, 6.07) is 8.83. The number of carbonyl (C=O) groups excluding carboxylic acids is 2. The number of likely N-dealkylation sites (tertiary alicyclic amines) is 1. The molecule has 1 aliphatic rings. The van der Waals surface area contributed by atoms with Crippen molar-refractivity contribution in [3.05, 3.63) is 35.9 Å². The molecule has 0 aromatic heterocycles. The molecule has 1 unspecified atom stereocenters. The Labute approximate surface area is 171 Å². The molecule has 1 fully saturated rings. The molecule has 29 heavy (non-hydrogen) atoms. The maximum absolute atomic E-state index is 12.7. The average molecular weight is 406 g/mol. The maximum atomic E-state index is 12.7. The molecule has 8 heteroatoms. The summed E-state index contributed by atoms with van der Waals surface area (Å²) >= 11 is 0. The van der Waals surface area contributed by atoms with Crippen molar-refractivity contribution in [2.75, 3.05) is 20.2 Å². The van der Waals surface area contributed by atoms with Crippen LogP contribution in [0.15, 0.2) is 30.3 Å². The molecule has 0 spiro atoms. The van der Waals surface area contributed by atoms with Gasteiger partial charge in [-0.1, -0.05) is 44.2 Å². The van der Waals surface area contributed by atoms with Crippen molar-refractivity contribution < 1.29 is 29.0 Å². The first-order valence-electron chi connectivity index (χ1n) is 9.84. The van der Waals surface area contributed by atoms with Crippen molar-refractivity contribution in [3.63, 3.8) is 0 Å². The van der Waals surface area contributed by atoms with E-state index in [-0.39, 0.29) is 19.0 Å². The number of benzene rings is 1. The number of carboxylic acid groups (broad SMARTS) is 1. The summed E-state index contributed by atoms with van der Waals surface area (Å²) in [5, 5.41) is 11.9. The number of ether oxygens (including phenoxy) is 2. The zero-order valence-electron chi connectivity index (χ0n) is 17.2. The summed E-state index contributed by atoms with van der Waals surface area (Å²) in [5.41, 5.74) is 0.159. The third kappa shape index (κ3) is 6.66. The van der Waals surface area contributed by atoms with Crippen molar-refractivity contribution in [1.29, 1.82) is 0 Å². The third-order valence-corrected chi connectivity index (χ3v) is 5.11. The van der Waals surface area contributed by atoms with Crippen molar-refractivity contribution >= 4 is 18.2 Å². The van der Waals surface area contributed by atoms with E-state index in [1.54, 1.807) is 0 Å². The number of carbonyl (C=O) groups is 3. The highest BCUT2D eigenvalue weighted by Crippen LogP contribution is 2.31. The minimum absolute atomic E-state index is 0.177. The van der Waals surface area contributed by atoms with Crippen LogP contribution in [0.5, 0.6) is 0 Å². The smallest absolute Gasteiger partial charge is 0.408 e. The van der Waals surface area contributed by atoms with E-state index in [9.17, 15) is 19.5 Å². The number of methoxy groups -OCH3 is 1. The summed E-state index contributed by atoms with van der Waals surface area (Å²) in [4.78, 5) is 37.2. The molecule has 1 heterocycles. The third-order valence-electron chi connectivity index (χ3n) is 5.11. The van der Waals surface area contributed by atoms with Crippen molar-refractivity contribution in [1.82, 2.24) is 10.2 Å². The van der Waals surface area contributed by atoms with Crippen LogP contribution in [0.25, 0.3) is 0 Å². The fraction of sp³-hybridized carbons (Fsp3) is 0.571. The second-order valence-corrected chi connectivity index (χ2v) is 7.85. The first-order chi connectivity index (χ1) is 13.7. The Bertz CT molecular complexity index is 698. The van der Waals surface area contributed by atoms with Gasteiger partial charge in [0.25, 0.3) is 0 Å². The molecule has 0 aliphatic carbocycles. The number of amides is 2. The molecule has 0 bridgehead atoms. The molecule has 8 nitrogen and oxygen atoms in total. The van der Waals surface area contributed by atoms with Crippen molar-refractivity contribution in [2.45, 2.75) is 51.2 Å². The van der Waals surface area contributed by atoms with E-state index in [4.69, 9.17) is 9.47 Å². The largest absolute Gasteiger partial charge is 0.467 e. The maximum Gasteiger partial charge on any atom is 0.408 e. The van der Waals surface area contributed by atoms with Gasteiger partial charge >= 0.3 is 18.2 Å². The van der Waals surface area contributed by atoms with Crippen LogP contribution >= 0.6 is 0 Å². The Morgan fingerprint density at radius 3 is 2.31 bits per heavy atom. The standard InChI is InChI=1S/C21H30N2O6/c1-15(2)13-17(18(24)28-3)22-19(25)29-21(14-16-7-5-4-6-8-16)9-11-23(12-10-21)20(26)27/h4-8,15,17H,9-14H2,1-3H3,(H,22,25)(H,26,27). The Balaban J connectivity index is 2.13. The van der Waals surface area contributed by atoms with Crippen LogP contribution in [0.2, 0.25) is 0 Å². The molecule has 2 rings (SSSR count). The predicted octanol–water partition coefficient (Wildman–Crippen LogP) is 3.06. The van der Waals surface area contributed by atoms with E-state index >= 15 is 0 Å². The predicted molar refractivity (Wildman–Crippen MR) is 107 cm³/mol. The van der Waals surface area contributed by atoms with Crippen LogP contribution in [-0.4, -0.2) is 60.0 Å². The normalized spacial score (nSPS) is 16.8. The minimum Gasteiger partial charge on any atom is -0.467 e. The lowest BCUT2D eigenvalue weighted by Crippen LogP contribution is -2.52. The number of hydrogen-bond acceptors (Lipinski definition) is 5. The van der Waals surface area contributed by atoms with Gasteiger partial charge in [0.05, 0.1) is 7.11 Å². The van der Waals surface area contributed by atoms with Gasteiger partial charge in [-0.05, 0) is 17.9 Å². The molecule has 2 amide bonds. The topological polar surface area (TPSA) is 105 Å². The highest BCUT2D eigenvalue weighted by Gasteiger charge is 2.40. The summed E-state index contributed by atoms with van der Waals surface area (Å²) < 4.78 is 10.6. The van der Waals surface area contributed by atoms with Gasteiger partial charge in [-0.3, -0.25) is 0 Å². The fourth-order valence-electron chi connectivity index (χ4n) is 3.58. The molecule has 0 saturated carbocycles. The zero-order valence-corrected chi connectivity index (χ0v) is 17.2. The lowest BCUT2D eigenvalue weighted by Gasteiger charge is -2.40. The highest BCUT2D eigenvalue weighted by molar-refractivity contribution is 5.81. The molecule has 0 radical (unpaired) electrons. The molecule has 1 aromatic carbocycles. The second-order valence-electron chi connectivity index (χ2n) is 7.85. The van der Waals surface area contributed by atoms with Gasteiger partial charge in [-0.2, -0.15) is 0 Å². The van der Waals surface area contributed by atoms with Gasteiger partial charge < -0.3 is 24.8 Å². The quantitative estimate of drug-likeness (QED) is 0.674. The Morgan fingerprint density at radius 2 is 1.79 bits per heavy atom. The van der Waals surface area contributed by atoms with E-state index in [1.165, 1.54) is 12.0 Å². The molecular formula is C21H30N2O6. The molecule has 2 N–H and O–H groups in total. The highest BCUT2D eigenvalue weighted by atomic mass is 16.6. The molecular weight excluding hydrogens is 376 g/mol. The number of esters is 1. The van der Waals surface area contributed by atoms with Crippen molar-refractivity contribution in [3.8, 4) is 0 Å². The van der Waals surface area contributed by atoms with E-state index in [0.29, 0.717) is 25.7 Å². The lowest BCUT2D eigenvalue weighted by molar-refractivity contribution is -0.143. The molecule has 160 valence electrons. The molecule has 1 saturated heterocycles. The van der Waals surface area contributed by atoms with E-state index in [0.717, 1.165) is 5.56 Å². The Kier molecular flexibility index (Phi) is 7.87. The molecule has 1 aliphatic heterocycles. The van der Waals surface area contributed by atoms with Crippen LogP contribution in [0, 0.1) is 5.92 Å². The average Bonchev–Trinajstić information content (AvgIpc) is 2.67. The first kappa shape index (κ1) is 22.5. The summed E-state index contributed by atoms with van der Waals surface area (Å²) in [5.74, 6) is -0.343.